The summed E-state index contributed by atoms with van der Waals surface area (Å²) >= 11 is 3.33. The summed E-state index contributed by atoms with van der Waals surface area (Å²) in [7, 11) is -1.95. The van der Waals surface area contributed by atoms with Crippen LogP contribution in [0.3, 0.4) is 0 Å². The lowest BCUT2D eigenvalue weighted by Crippen LogP contribution is -2.43. The van der Waals surface area contributed by atoms with Crippen molar-refractivity contribution in [3.63, 3.8) is 0 Å². The second kappa shape index (κ2) is 7.09. The van der Waals surface area contributed by atoms with E-state index in [2.05, 4.69) is 15.9 Å². The van der Waals surface area contributed by atoms with Crippen LogP contribution < -0.4 is 4.74 Å². The van der Waals surface area contributed by atoms with Crippen LogP contribution >= 0.6 is 15.9 Å². The van der Waals surface area contributed by atoms with Gasteiger partial charge in [0.15, 0.2) is 0 Å². The van der Waals surface area contributed by atoms with Gasteiger partial charge in [0.25, 0.3) is 0 Å². The van der Waals surface area contributed by atoms with Crippen LogP contribution in [0.4, 0.5) is 0 Å². The number of halogens is 1. The number of nitrogens with zero attached hydrogens (tertiary/aromatic N) is 1. The molecule has 5 nitrogen and oxygen atoms in total. The summed E-state index contributed by atoms with van der Waals surface area (Å²) in [5.41, 5.74) is 0. The van der Waals surface area contributed by atoms with E-state index in [0.29, 0.717) is 29.9 Å². The number of benzene rings is 1. The highest BCUT2D eigenvalue weighted by molar-refractivity contribution is 9.10. The molecule has 2 rings (SSSR count). The summed E-state index contributed by atoms with van der Waals surface area (Å²) in [5, 5.41) is 0. The highest BCUT2D eigenvalue weighted by Gasteiger charge is 2.30. The molecule has 0 spiro atoms. The molecular weight excluding hydrogens is 358 g/mol. The maximum Gasteiger partial charge on any atom is 0.243 e. The SMILES string of the molecule is CCOC1CCCN(S(=O)(=O)c2ccc(OC)c(Br)c2)C1. The third-order valence-corrected chi connectivity index (χ3v) is 5.99. The molecule has 0 N–H and O–H groups in total. The van der Waals surface area contributed by atoms with Gasteiger partial charge < -0.3 is 9.47 Å². The van der Waals surface area contributed by atoms with Crippen molar-refractivity contribution in [2.75, 3.05) is 26.8 Å². The molecule has 1 aromatic carbocycles. The largest absolute Gasteiger partial charge is 0.496 e. The minimum Gasteiger partial charge on any atom is -0.496 e. The van der Waals surface area contributed by atoms with Gasteiger partial charge in [-0.3, -0.25) is 0 Å². The van der Waals surface area contributed by atoms with Crippen LogP contribution in [0.2, 0.25) is 0 Å². The Labute approximate surface area is 134 Å². The molecule has 0 saturated carbocycles. The lowest BCUT2D eigenvalue weighted by molar-refractivity contribution is 0.0265. The van der Waals surface area contributed by atoms with Crippen molar-refractivity contribution in [2.24, 2.45) is 0 Å². The fourth-order valence-electron chi connectivity index (χ4n) is 2.45. The van der Waals surface area contributed by atoms with Gasteiger partial charge in [-0.1, -0.05) is 0 Å². The van der Waals surface area contributed by atoms with Crippen molar-refractivity contribution in [3.05, 3.63) is 22.7 Å². The Kier molecular flexibility index (Phi) is 5.65. The Hall–Kier alpha value is -0.630. The molecule has 118 valence electrons. The smallest absolute Gasteiger partial charge is 0.243 e. The van der Waals surface area contributed by atoms with Crippen LogP contribution in [-0.2, 0) is 14.8 Å². The summed E-state index contributed by atoms with van der Waals surface area (Å²) in [4.78, 5) is 0.271. The molecule has 1 fully saturated rings. The third-order valence-electron chi connectivity index (χ3n) is 3.50. The molecule has 1 aliphatic rings. The second-order valence-corrected chi connectivity index (χ2v) is 7.67. The number of hydrogen-bond donors (Lipinski definition) is 0. The normalized spacial score (nSPS) is 20.4. The molecule has 0 radical (unpaired) electrons. The molecule has 1 atom stereocenters. The Morgan fingerprint density at radius 2 is 2.19 bits per heavy atom. The van der Waals surface area contributed by atoms with Gasteiger partial charge in [0, 0.05) is 19.7 Å². The van der Waals surface area contributed by atoms with Crippen LogP contribution in [0.5, 0.6) is 5.75 Å². The molecule has 7 heteroatoms. The average molecular weight is 378 g/mol. The summed E-state index contributed by atoms with van der Waals surface area (Å²) in [6.45, 7) is 3.48. The molecule has 0 amide bonds. The Morgan fingerprint density at radius 3 is 2.81 bits per heavy atom. The fraction of sp³-hybridized carbons (Fsp3) is 0.571. The zero-order valence-electron chi connectivity index (χ0n) is 12.2. The summed E-state index contributed by atoms with van der Waals surface area (Å²) in [6.07, 6.45) is 1.72. The Balaban J connectivity index is 2.23. The molecule has 1 saturated heterocycles. The lowest BCUT2D eigenvalue weighted by atomic mass is 10.1. The molecule has 21 heavy (non-hydrogen) atoms. The first-order chi connectivity index (χ1) is 9.98. The number of methoxy groups -OCH3 is 1. The zero-order valence-corrected chi connectivity index (χ0v) is 14.6. The summed E-state index contributed by atoms with van der Waals surface area (Å²) in [5.74, 6) is 0.611. The topological polar surface area (TPSA) is 55.8 Å². The monoisotopic (exact) mass is 377 g/mol. The number of rotatable bonds is 5. The van der Waals surface area contributed by atoms with E-state index in [1.165, 1.54) is 4.31 Å². The minimum absolute atomic E-state index is 0.0137. The number of sulfonamides is 1. The molecule has 1 aromatic rings. The minimum atomic E-state index is -3.49. The summed E-state index contributed by atoms with van der Waals surface area (Å²) < 4.78 is 38.2. The zero-order chi connectivity index (χ0) is 15.5. The first-order valence-corrected chi connectivity index (χ1v) is 9.17. The third kappa shape index (κ3) is 3.77. The predicted molar refractivity (Wildman–Crippen MR) is 84.1 cm³/mol. The molecule has 0 aromatic heterocycles. The lowest BCUT2D eigenvalue weighted by Gasteiger charge is -2.31. The molecular formula is C14H20BrNO4S. The van der Waals surface area contributed by atoms with Crippen molar-refractivity contribution in [2.45, 2.75) is 30.8 Å². The van der Waals surface area contributed by atoms with Gasteiger partial charge in [0.2, 0.25) is 10.0 Å². The number of hydrogen-bond acceptors (Lipinski definition) is 4. The van der Waals surface area contributed by atoms with E-state index in [4.69, 9.17) is 9.47 Å². The van der Waals surface area contributed by atoms with E-state index in [0.717, 1.165) is 12.8 Å². The maximum atomic E-state index is 12.7. The first-order valence-electron chi connectivity index (χ1n) is 6.94. The molecule has 0 bridgehead atoms. The van der Waals surface area contributed by atoms with Crippen LogP contribution in [0.25, 0.3) is 0 Å². The number of ether oxygens (including phenoxy) is 2. The van der Waals surface area contributed by atoms with Crippen LogP contribution in [0.15, 0.2) is 27.6 Å². The van der Waals surface area contributed by atoms with E-state index in [1.54, 1.807) is 25.3 Å². The van der Waals surface area contributed by atoms with Gasteiger partial charge in [-0.15, -0.1) is 0 Å². The molecule has 1 heterocycles. The quantitative estimate of drug-likeness (QED) is 0.791. The van der Waals surface area contributed by atoms with E-state index in [-0.39, 0.29) is 11.0 Å². The van der Waals surface area contributed by atoms with Crippen molar-refractivity contribution in [3.8, 4) is 5.75 Å². The Morgan fingerprint density at radius 1 is 1.43 bits per heavy atom. The van der Waals surface area contributed by atoms with Crippen molar-refractivity contribution < 1.29 is 17.9 Å². The van der Waals surface area contributed by atoms with Crippen molar-refractivity contribution in [1.82, 2.24) is 4.31 Å². The van der Waals surface area contributed by atoms with Gasteiger partial charge in [0.05, 0.1) is 22.6 Å². The van der Waals surface area contributed by atoms with E-state index < -0.39 is 10.0 Å². The van der Waals surface area contributed by atoms with Gasteiger partial charge in [0.1, 0.15) is 5.75 Å². The second-order valence-electron chi connectivity index (χ2n) is 4.88. The predicted octanol–water partition coefficient (Wildman–Crippen LogP) is 2.65. The van der Waals surface area contributed by atoms with Crippen molar-refractivity contribution in [1.29, 1.82) is 0 Å². The number of piperidine rings is 1. The van der Waals surface area contributed by atoms with Gasteiger partial charge in [-0.25, -0.2) is 8.42 Å². The highest BCUT2D eigenvalue weighted by Crippen LogP contribution is 2.30. The van der Waals surface area contributed by atoms with Crippen molar-refractivity contribution >= 4 is 26.0 Å². The molecule has 0 aliphatic carbocycles. The summed E-state index contributed by atoms with van der Waals surface area (Å²) in [6, 6.07) is 4.81. The fourth-order valence-corrected chi connectivity index (χ4v) is 4.68. The van der Waals surface area contributed by atoms with Gasteiger partial charge >= 0.3 is 0 Å². The first kappa shape index (κ1) is 16.7. The maximum absolute atomic E-state index is 12.7. The van der Waals surface area contributed by atoms with E-state index in [1.807, 2.05) is 6.92 Å². The standard InChI is InChI=1S/C14H20BrNO4S/c1-3-20-11-5-4-8-16(10-11)21(17,18)12-6-7-14(19-2)13(15)9-12/h6-7,9,11H,3-5,8,10H2,1-2H3. The van der Waals surface area contributed by atoms with Crippen LogP contribution in [-0.4, -0.2) is 45.6 Å². The molecule has 1 unspecified atom stereocenters. The highest BCUT2D eigenvalue weighted by atomic mass is 79.9. The average Bonchev–Trinajstić information content (AvgIpc) is 2.48. The van der Waals surface area contributed by atoms with E-state index in [9.17, 15) is 8.42 Å². The van der Waals surface area contributed by atoms with E-state index >= 15 is 0 Å². The van der Waals surface area contributed by atoms with Gasteiger partial charge in [-0.2, -0.15) is 4.31 Å². The van der Waals surface area contributed by atoms with Gasteiger partial charge in [-0.05, 0) is 53.9 Å². The van der Waals surface area contributed by atoms with Crippen LogP contribution in [0, 0.1) is 0 Å². The molecule has 1 aliphatic heterocycles. The Bertz CT molecular complexity index is 589. The van der Waals surface area contributed by atoms with Crippen LogP contribution in [0.1, 0.15) is 19.8 Å².